The molecule has 0 spiro atoms. The summed E-state index contributed by atoms with van der Waals surface area (Å²) in [6, 6.07) is 0. The van der Waals surface area contributed by atoms with Gasteiger partial charge < -0.3 is 24.8 Å². The summed E-state index contributed by atoms with van der Waals surface area (Å²) >= 11 is 8.17. The zero-order valence-corrected chi connectivity index (χ0v) is 4.03. The molecule has 0 rings (SSSR count). The van der Waals surface area contributed by atoms with E-state index in [-0.39, 0.29) is 18.9 Å². The molecule has 4 heavy (non-hydrogen) atoms. The number of hydrogen-bond acceptors (Lipinski definition) is 2. The maximum atomic E-state index is 4.08. The van der Waals surface area contributed by atoms with Crippen molar-refractivity contribution in [1.82, 2.24) is 0 Å². The van der Waals surface area contributed by atoms with Crippen molar-refractivity contribution in [2.24, 2.45) is 0 Å². The molecular weight excluding hydrogens is 83.1 g/mol. The molecule has 0 bridgehead atoms. The van der Waals surface area contributed by atoms with Gasteiger partial charge in [0, 0.05) is 0 Å². The van der Waals surface area contributed by atoms with E-state index in [1.165, 1.54) is 4.70 Å². The first-order chi connectivity index (χ1) is 1.41. The minimum Gasteiger partial charge on any atom is -0.436 e. The molecule has 0 unspecified atom stereocenters. The Morgan fingerprint density at radius 2 is 1.75 bits per heavy atom. The van der Waals surface area contributed by atoms with E-state index >= 15 is 0 Å². The molecule has 0 aliphatic carbocycles. The van der Waals surface area contributed by atoms with Crippen LogP contribution in [0.15, 0.2) is 0 Å². The Hall–Kier alpha value is 0.907. The van der Waals surface area contributed by atoms with E-state index in [2.05, 4.69) is 24.8 Å². The standard InChI is InChI=1S/CH2S2.Li/c2-1-3;/h1H,(H,2,3);/q;+1/p-1. The second-order valence-electron chi connectivity index (χ2n) is 0.0962. The second kappa shape index (κ2) is 9.08. The summed E-state index contributed by atoms with van der Waals surface area (Å²) in [5.74, 6) is 0. The van der Waals surface area contributed by atoms with Crippen molar-refractivity contribution in [1.29, 1.82) is 0 Å². The van der Waals surface area contributed by atoms with Crippen LogP contribution in [0.1, 0.15) is 0 Å². The fraction of sp³-hybridized carbons (Fsp3) is 0. The summed E-state index contributed by atoms with van der Waals surface area (Å²) in [6.07, 6.45) is 0. The van der Waals surface area contributed by atoms with Crippen LogP contribution in [0.25, 0.3) is 0 Å². The van der Waals surface area contributed by atoms with Gasteiger partial charge in [0.25, 0.3) is 0 Å². The number of hydrogen-bond donors (Lipinski definition) is 0. The average molecular weight is 84.1 g/mol. The predicted octanol–water partition coefficient (Wildman–Crippen LogP) is -2.51. The smallest absolute Gasteiger partial charge is 0.436 e. The molecule has 0 aliphatic rings. The average Bonchev–Trinajstić information content (AvgIpc) is 0.918. The molecule has 0 aromatic carbocycles. The fourth-order valence-corrected chi connectivity index (χ4v) is 0. The van der Waals surface area contributed by atoms with Crippen molar-refractivity contribution in [3.05, 3.63) is 0 Å². The molecule has 0 heterocycles. The van der Waals surface area contributed by atoms with Crippen LogP contribution in [0.3, 0.4) is 0 Å². The monoisotopic (exact) mass is 84.0 g/mol. The van der Waals surface area contributed by atoms with E-state index in [4.69, 9.17) is 0 Å². The van der Waals surface area contributed by atoms with Crippen LogP contribution >= 0.6 is 12.2 Å². The van der Waals surface area contributed by atoms with E-state index < -0.39 is 0 Å². The van der Waals surface area contributed by atoms with Crippen molar-refractivity contribution in [3.63, 3.8) is 0 Å². The van der Waals surface area contributed by atoms with E-state index in [9.17, 15) is 0 Å². The summed E-state index contributed by atoms with van der Waals surface area (Å²) in [5, 5.41) is 0. The Labute approximate surface area is 48.6 Å². The minimum absolute atomic E-state index is 0. The van der Waals surface area contributed by atoms with Crippen molar-refractivity contribution in [3.8, 4) is 0 Å². The SMILES string of the molecule is S=C[S-].[Li+]. The summed E-state index contributed by atoms with van der Waals surface area (Å²) in [4.78, 5) is 0. The molecule has 0 aromatic heterocycles. The third kappa shape index (κ3) is 12.8. The van der Waals surface area contributed by atoms with Gasteiger partial charge in [0.15, 0.2) is 0 Å². The van der Waals surface area contributed by atoms with E-state index in [1.54, 1.807) is 0 Å². The Balaban J connectivity index is 0. The van der Waals surface area contributed by atoms with Crippen molar-refractivity contribution in [2.75, 3.05) is 0 Å². The maximum absolute atomic E-state index is 4.08. The molecule has 18 valence electrons. The van der Waals surface area contributed by atoms with E-state index in [1.807, 2.05) is 0 Å². The van der Waals surface area contributed by atoms with Gasteiger partial charge in [0.2, 0.25) is 0 Å². The molecule has 0 saturated carbocycles. The molecule has 0 nitrogen and oxygen atoms in total. The van der Waals surface area contributed by atoms with Gasteiger partial charge in [-0.15, -0.1) is 0 Å². The van der Waals surface area contributed by atoms with Gasteiger partial charge in [-0.3, -0.25) is 0 Å². The Morgan fingerprint density at radius 1 is 1.75 bits per heavy atom. The Morgan fingerprint density at radius 3 is 1.75 bits per heavy atom. The first-order valence-corrected chi connectivity index (χ1v) is 1.41. The molecule has 0 fully saturated rings. The normalized spacial score (nSPS) is 3.00. The van der Waals surface area contributed by atoms with E-state index in [0.717, 1.165) is 0 Å². The van der Waals surface area contributed by atoms with Gasteiger partial charge in [-0.1, -0.05) is 0 Å². The van der Waals surface area contributed by atoms with E-state index in [0.29, 0.717) is 0 Å². The molecule has 0 saturated heterocycles. The van der Waals surface area contributed by atoms with Crippen LogP contribution in [0.2, 0.25) is 0 Å². The Bertz CT molecular complexity index is 13.5. The first kappa shape index (κ1) is 8.86. The topological polar surface area (TPSA) is 0 Å². The largest absolute Gasteiger partial charge is 1.00 e. The number of rotatable bonds is 0. The molecule has 0 atom stereocenters. The van der Waals surface area contributed by atoms with Crippen LogP contribution < -0.4 is 18.9 Å². The summed E-state index contributed by atoms with van der Waals surface area (Å²) in [5.41, 5.74) is 0. The molecule has 0 radical (unpaired) electrons. The molecule has 0 aliphatic heterocycles. The van der Waals surface area contributed by atoms with Crippen molar-refractivity contribution in [2.45, 2.75) is 0 Å². The third-order valence-corrected chi connectivity index (χ3v) is 0. The van der Waals surface area contributed by atoms with Crippen molar-refractivity contribution < 1.29 is 18.9 Å². The van der Waals surface area contributed by atoms with Gasteiger partial charge in [-0.25, -0.2) is 0 Å². The summed E-state index contributed by atoms with van der Waals surface area (Å²) < 4.78 is 1.17. The molecular formula is CHLiS2. The minimum atomic E-state index is 0. The third-order valence-electron chi connectivity index (χ3n) is 0. The summed E-state index contributed by atoms with van der Waals surface area (Å²) in [6.45, 7) is 0. The van der Waals surface area contributed by atoms with Gasteiger partial charge in [-0.05, 0) is 0 Å². The fourth-order valence-electron chi connectivity index (χ4n) is 0. The van der Waals surface area contributed by atoms with Crippen LogP contribution in [0, 0.1) is 0 Å². The zero-order chi connectivity index (χ0) is 2.71. The molecule has 3 heteroatoms. The van der Waals surface area contributed by atoms with Gasteiger partial charge in [0.05, 0.1) is 0 Å². The Kier molecular flexibility index (Phi) is 20.1. The zero-order valence-electron chi connectivity index (χ0n) is 2.39. The van der Waals surface area contributed by atoms with Crippen molar-refractivity contribution >= 4 is 29.5 Å². The second-order valence-corrected chi connectivity index (χ2v) is 0.866. The molecule has 0 amide bonds. The predicted molar refractivity (Wildman–Crippen MR) is 21.0 cm³/mol. The quantitative estimate of drug-likeness (QED) is 0.181. The maximum Gasteiger partial charge on any atom is 1.00 e. The molecule has 0 N–H and O–H groups in total. The van der Waals surface area contributed by atoms with Gasteiger partial charge in [0.1, 0.15) is 0 Å². The van der Waals surface area contributed by atoms with Crippen LogP contribution in [-0.2, 0) is 12.6 Å². The number of thiocarbonyl (C=S) groups is 1. The van der Waals surface area contributed by atoms with Crippen LogP contribution in [-0.4, -0.2) is 4.70 Å². The van der Waals surface area contributed by atoms with Crippen LogP contribution in [0.4, 0.5) is 0 Å². The first-order valence-electron chi connectivity index (χ1n) is 0.471. The van der Waals surface area contributed by atoms with Crippen LogP contribution in [0.5, 0.6) is 0 Å². The van der Waals surface area contributed by atoms with Gasteiger partial charge >= 0.3 is 18.9 Å². The summed E-state index contributed by atoms with van der Waals surface area (Å²) in [7, 11) is 0. The van der Waals surface area contributed by atoms with Gasteiger partial charge in [-0.2, -0.15) is 4.70 Å². The molecule has 0 aromatic rings.